The van der Waals surface area contributed by atoms with E-state index in [1.807, 2.05) is 0 Å². The van der Waals surface area contributed by atoms with Crippen molar-refractivity contribution in [2.24, 2.45) is 0 Å². The molecule has 0 atom stereocenters. The van der Waals surface area contributed by atoms with Crippen molar-refractivity contribution < 1.29 is 24.2 Å². The summed E-state index contributed by atoms with van der Waals surface area (Å²) >= 11 is 0. The van der Waals surface area contributed by atoms with Gasteiger partial charge in [0, 0.05) is 0 Å². The summed E-state index contributed by atoms with van der Waals surface area (Å²) in [4.78, 5) is 22.1. The molecule has 0 saturated carbocycles. The summed E-state index contributed by atoms with van der Waals surface area (Å²) in [6.07, 6.45) is 1.23. The lowest BCUT2D eigenvalue weighted by molar-refractivity contribution is -0.142. The third-order valence-corrected chi connectivity index (χ3v) is 2.04. The molecule has 0 fully saturated rings. The topological polar surface area (TPSA) is 72.8 Å². The van der Waals surface area contributed by atoms with Gasteiger partial charge in [0.2, 0.25) is 0 Å². The zero-order valence-electron chi connectivity index (χ0n) is 9.47. The van der Waals surface area contributed by atoms with Crippen LogP contribution >= 0.6 is 0 Å². The van der Waals surface area contributed by atoms with Crippen molar-refractivity contribution in [3.05, 3.63) is 35.4 Å². The van der Waals surface area contributed by atoms with Crippen LogP contribution in [0.1, 0.15) is 5.56 Å². The second kappa shape index (κ2) is 5.69. The fraction of sp³-hybridized carbons (Fsp3) is 0.167. The molecule has 0 aliphatic rings. The van der Waals surface area contributed by atoms with E-state index in [1.54, 1.807) is 24.3 Å². The van der Waals surface area contributed by atoms with Crippen LogP contribution in [0.5, 0.6) is 5.75 Å². The molecule has 1 rings (SSSR count). The molecule has 0 aliphatic carbocycles. The predicted molar refractivity (Wildman–Crippen MR) is 60.6 cm³/mol. The van der Waals surface area contributed by atoms with E-state index in [4.69, 9.17) is 9.84 Å². The lowest BCUT2D eigenvalue weighted by Crippen LogP contribution is -2.13. The first kappa shape index (κ1) is 12.8. The molecule has 0 heterocycles. The molecule has 0 aromatic heterocycles. The summed E-state index contributed by atoms with van der Waals surface area (Å²) < 4.78 is 9.37. The Bertz CT molecular complexity index is 462. The van der Waals surface area contributed by atoms with E-state index < -0.39 is 17.5 Å². The molecule has 0 bridgehead atoms. The van der Waals surface area contributed by atoms with Gasteiger partial charge >= 0.3 is 11.9 Å². The Morgan fingerprint density at radius 1 is 1.29 bits per heavy atom. The highest BCUT2D eigenvalue weighted by Gasteiger charge is 2.17. The zero-order valence-corrected chi connectivity index (χ0v) is 9.47. The van der Waals surface area contributed by atoms with Gasteiger partial charge in [-0.3, -0.25) is 0 Å². The summed E-state index contributed by atoms with van der Waals surface area (Å²) in [5.41, 5.74) is 0.118. The second-order valence-electron chi connectivity index (χ2n) is 3.13. The van der Waals surface area contributed by atoms with Gasteiger partial charge in [-0.25, -0.2) is 9.59 Å². The Hall–Kier alpha value is -2.30. The van der Waals surface area contributed by atoms with Crippen molar-refractivity contribution in [3.63, 3.8) is 0 Å². The molecule has 17 heavy (non-hydrogen) atoms. The van der Waals surface area contributed by atoms with E-state index in [-0.39, 0.29) is 0 Å². The van der Waals surface area contributed by atoms with E-state index in [2.05, 4.69) is 4.74 Å². The number of esters is 1. The lowest BCUT2D eigenvalue weighted by Gasteiger charge is -2.02. The highest BCUT2D eigenvalue weighted by molar-refractivity contribution is 6.16. The molecule has 0 amide bonds. The summed E-state index contributed by atoms with van der Waals surface area (Å²) in [6.45, 7) is 0. The van der Waals surface area contributed by atoms with Crippen LogP contribution in [-0.2, 0) is 14.3 Å². The average Bonchev–Trinajstić information content (AvgIpc) is 2.35. The Morgan fingerprint density at radius 3 is 2.53 bits per heavy atom. The largest absolute Gasteiger partial charge is 0.497 e. The maximum absolute atomic E-state index is 11.2. The monoisotopic (exact) mass is 236 g/mol. The molecule has 5 heteroatoms. The van der Waals surface area contributed by atoms with Crippen molar-refractivity contribution in [2.45, 2.75) is 0 Å². The quantitative estimate of drug-likeness (QED) is 0.369. The molecular formula is C12H12O5. The number of carboxylic acids is 1. The van der Waals surface area contributed by atoms with Gasteiger partial charge in [0.25, 0.3) is 0 Å². The molecule has 90 valence electrons. The first-order chi connectivity index (χ1) is 8.08. The van der Waals surface area contributed by atoms with Gasteiger partial charge in [-0.15, -0.1) is 0 Å². The van der Waals surface area contributed by atoms with E-state index in [1.165, 1.54) is 13.2 Å². The van der Waals surface area contributed by atoms with Crippen molar-refractivity contribution in [3.8, 4) is 5.75 Å². The molecule has 1 aromatic rings. The number of carbonyl (C=O) groups excluding carboxylic acids is 1. The van der Waals surface area contributed by atoms with Gasteiger partial charge in [-0.05, 0) is 23.8 Å². The van der Waals surface area contributed by atoms with Gasteiger partial charge in [-0.2, -0.15) is 0 Å². The smallest absolute Gasteiger partial charge is 0.345 e. The highest BCUT2D eigenvalue weighted by atomic mass is 16.5. The molecule has 5 nitrogen and oxygen atoms in total. The summed E-state index contributed by atoms with van der Waals surface area (Å²) in [5, 5.41) is 8.86. The van der Waals surface area contributed by atoms with Gasteiger partial charge in [0.15, 0.2) is 0 Å². The molecule has 0 unspecified atom stereocenters. The van der Waals surface area contributed by atoms with Gasteiger partial charge in [0.1, 0.15) is 11.3 Å². The van der Waals surface area contributed by atoms with Crippen LogP contribution in [-0.4, -0.2) is 31.3 Å². The fourth-order valence-electron chi connectivity index (χ4n) is 1.22. The summed E-state index contributed by atoms with van der Waals surface area (Å²) in [5.74, 6) is -1.65. The molecule has 1 aromatic carbocycles. The molecule has 0 saturated heterocycles. The van der Waals surface area contributed by atoms with E-state index in [0.29, 0.717) is 11.3 Å². The van der Waals surface area contributed by atoms with Gasteiger partial charge in [0.05, 0.1) is 14.2 Å². The normalized spacial score (nSPS) is 10.8. The Balaban J connectivity index is 3.12. The minimum atomic E-state index is -1.33. The van der Waals surface area contributed by atoms with Crippen LogP contribution < -0.4 is 4.74 Å². The molecular weight excluding hydrogens is 224 g/mol. The summed E-state index contributed by atoms with van der Waals surface area (Å²) in [7, 11) is 2.63. The third-order valence-electron chi connectivity index (χ3n) is 2.04. The maximum atomic E-state index is 11.2. The van der Waals surface area contributed by atoms with Crippen molar-refractivity contribution >= 4 is 18.0 Å². The minimum Gasteiger partial charge on any atom is -0.497 e. The molecule has 0 spiro atoms. The number of hydrogen-bond acceptors (Lipinski definition) is 4. The molecule has 0 radical (unpaired) electrons. The van der Waals surface area contributed by atoms with Crippen LogP contribution in [0.25, 0.3) is 6.08 Å². The Kier molecular flexibility index (Phi) is 4.28. The van der Waals surface area contributed by atoms with Crippen LogP contribution in [0.2, 0.25) is 0 Å². The molecule has 0 aliphatic heterocycles. The van der Waals surface area contributed by atoms with Crippen LogP contribution in [0.4, 0.5) is 0 Å². The van der Waals surface area contributed by atoms with Gasteiger partial charge < -0.3 is 14.6 Å². The van der Waals surface area contributed by atoms with Crippen LogP contribution in [0, 0.1) is 0 Å². The first-order valence-corrected chi connectivity index (χ1v) is 4.76. The highest BCUT2D eigenvalue weighted by Crippen LogP contribution is 2.15. The lowest BCUT2D eigenvalue weighted by atomic mass is 10.1. The number of ether oxygens (including phenoxy) is 2. The molecule has 1 N–H and O–H groups in total. The van der Waals surface area contributed by atoms with Crippen molar-refractivity contribution in [1.29, 1.82) is 0 Å². The summed E-state index contributed by atoms with van der Waals surface area (Å²) in [6, 6.07) is 6.69. The Labute approximate surface area is 98.3 Å². The third kappa shape index (κ3) is 3.34. The van der Waals surface area contributed by atoms with Crippen molar-refractivity contribution in [2.75, 3.05) is 14.2 Å². The second-order valence-corrected chi connectivity index (χ2v) is 3.13. The number of rotatable bonds is 4. The number of carbonyl (C=O) groups is 2. The van der Waals surface area contributed by atoms with Crippen molar-refractivity contribution in [1.82, 2.24) is 0 Å². The predicted octanol–water partition coefficient (Wildman–Crippen LogP) is 1.34. The SMILES string of the molecule is COC(=O)C(=Cc1cccc(OC)c1)C(=O)O. The number of aliphatic carboxylic acids is 1. The number of benzene rings is 1. The number of carboxylic acid groups (broad SMARTS) is 1. The number of methoxy groups -OCH3 is 2. The van der Waals surface area contributed by atoms with E-state index in [0.717, 1.165) is 7.11 Å². The van der Waals surface area contributed by atoms with E-state index >= 15 is 0 Å². The standard InChI is InChI=1S/C12H12O5/c1-16-9-5-3-4-8(6-9)7-10(11(13)14)12(15)17-2/h3-7H,1-2H3,(H,13,14). The fourth-order valence-corrected chi connectivity index (χ4v) is 1.22. The average molecular weight is 236 g/mol. The maximum Gasteiger partial charge on any atom is 0.345 e. The van der Waals surface area contributed by atoms with Crippen LogP contribution in [0.15, 0.2) is 29.8 Å². The minimum absolute atomic E-state index is 0.430. The Morgan fingerprint density at radius 2 is 2.00 bits per heavy atom. The first-order valence-electron chi connectivity index (χ1n) is 4.76. The van der Waals surface area contributed by atoms with Gasteiger partial charge in [-0.1, -0.05) is 12.1 Å². The number of hydrogen-bond donors (Lipinski definition) is 1. The van der Waals surface area contributed by atoms with Crippen LogP contribution in [0.3, 0.4) is 0 Å². The van der Waals surface area contributed by atoms with E-state index in [9.17, 15) is 9.59 Å². The zero-order chi connectivity index (χ0) is 12.8.